The number of anilines is 2. The van der Waals surface area contributed by atoms with Crippen LogP contribution in [0.5, 0.6) is 5.75 Å². The lowest BCUT2D eigenvalue weighted by Crippen LogP contribution is -2.43. The van der Waals surface area contributed by atoms with Gasteiger partial charge in [-0.3, -0.25) is 4.79 Å². The number of benzene rings is 3. The van der Waals surface area contributed by atoms with Gasteiger partial charge in [-0.1, -0.05) is 60.7 Å². The topological polar surface area (TPSA) is 54.0 Å². The lowest BCUT2D eigenvalue weighted by molar-refractivity contribution is -0.274. The molecular formula is C30H36F3N3O3. The van der Waals surface area contributed by atoms with Crippen molar-refractivity contribution in [1.29, 1.82) is 0 Å². The number of nitrogens with zero attached hydrogens (tertiary/aromatic N) is 2. The van der Waals surface area contributed by atoms with Crippen LogP contribution in [0, 0.1) is 0 Å². The molecule has 1 fully saturated rings. The maximum Gasteiger partial charge on any atom is 0.573 e. The second-order valence-electron chi connectivity index (χ2n) is 10.1. The fourth-order valence-corrected chi connectivity index (χ4v) is 4.07. The minimum Gasteiger partial charge on any atom is -0.462 e. The molecule has 4 rings (SSSR count). The summed E-state index contributed by atoms with van der Waals surface area (Å²) in [6.07, 6.45) is -4.78. The molecule has 0 saturated carbocycles. The zero-order chi connectivity index (χ0) is 28.3. The number of nitrogens with one attached hydrogen (secondary N) is 1. The van der Waals surface area contributed by atoms with Crippen molar-refractivity contribution in [3.63, 3.8) is 0 Å². The lowest BCUT2D eigenvalue weighted by Gasteiger charge is -2.32. The second-order valence-corrected chi connectivity index (χ2v) is 10.1. The third kappa shape index (κ3) is 10.5. The molecule has 1 aliphatic rings. The molecule has 0 aromatic heterocycles. The summed E-state index contributed by atoms with van der Waals surface area (Å²) < 4.78 is 49.1. The van der Waals surface area contributed by atoms with E-state index in [1.54, 1.807) is 6.07 Å². The normalized spacial score (nSPS) is 13.6. The van der Waals surface area contributed by atoms with Crippen LogP contribution in [0.25, 0.3) is 0 Å². The maximum atomic E-state index is 13.3. The Morgan fingerprint density at radius 3 is 1.85 bits per heavy atom. The molecule has 1 heterocycles. The first-order chi connectivity index (χ1) is 18.5. The van der Waals surface area contributed by atoms with E-state index in [0.29, 0.717) is 25.2 Å². The van der Waals surface area contributed by atoms with Gasteiger partial charge in [0, 0.05) is 51.0 Å². The smallest absolute Gasteiger partial charge is 0.462 e. The van der Waals surface area contributed by atoms with Gasteiger partial charge in [-0.05, 0) is 44.0 Å². The average molecular weight is 544 g/mol. The Labute approximate surface area is 228 Å². The van der Waals surface area contributed by atoms with E-state index in [-0.39, 0.29) is 11.4 Å². The third-order valence-corrected chi connectivity index (χ3v) is 5.83. The minimum absolute atomic E-state index is 0.180. The average Bonchev–Trinajstić information content (AvgIpc) is 2.89. The van der Waals surface area contributed by atoms with Crippen molar-refractivity contribution < 1.29 is 27.4 Å². The number of carbonyl (C=O) groups excluding carboxylic acids is 1. The van der Waals surface area contributed by atoms with Crippen LogP contribution < -0.4 is 19.9 Å². The van der Waals surface area contributed by atoms with Crippen LogP contribution >= 0.6 is 0 Å². The van der Waals surface area contributed by atoms with Gasteiger partial charge in [0.2, 0.25) is 0 Å². The largest absolute Gasteiger partial charge is 0.573 e. The van der Waals surface area contributed by atoms with Crippen LogP contribution in [0.1, 0.15) is 31.9 Å². The Morgan fingerprint density at radius 2 is 1.41 bits per heavy atom. The standard InChI is InChI=1S/C25H26F3N3O.C5H10O2/c26-25(27,28)32-24-17-22(30-15-13-29-14-16-30)11-12-23(24)31(18-20-7-3-1-4-8-20)19-21-9-5-2-6-10-21;1-5(2,3)7-4-6/h1-12,17,29H,13-16,18-19H2;4H,1-3H3. The van der Waals surface area contributed by atoms with Gasteiger partial charge in [-0.2, -0.15) is 0 Å². The number of halogens is 3. The van der Waals surface area contributed by atoms with E-state index in [4.69, 9.17) is 0 Å². The van der Waals surface area contributed by atoms with Gasteiger partial charge in [-0.25, -0.2) is 0 Å². The zero-order valence-corrected chi connectivity index (χ0v) is 22.6. The predicted octanol–water partition coefficient (Wildman–Crippen LogP) is 6.16. The molecule has 1 aliphatic heterocycles. The van der Waals surface area contributed by atoms with Crippen molar-refractivity contribution in [3.8, 4) is 5.75 Å². The van der Waals surface area contributed by atoms with Gasteiger partial charge in [0.05, 0.1) is 5.69 Å². The molecule has 0 atom stereocenters. The van der Waals surface area contributed by atoms with Gasteiger partial charge >= 0.3 is 6.36 Å². The van der Waals surface area contributed by atoms with Crippen LogP contribution in [0.3, 0.4) is 0 Å². The van der Waals surface area contributed by atoms with E-state index in [1.807, 2.05) is 92.4 Å². The molecular weight excluding hydrogens is 507 g/mol. The molecule has 0 amide bonds. The van der Waals surface area contributed by atoms with Crippen LogP contribution in [0.4, 0.5) is 24.5 Å². The summed E-state index contributed by atoms with van der Waals surface area (Å²) in [5.74, 6) is -0.180. The lowest BCUT2D eigenvalue weighted by atomic mass is 10.1. The molecule has 0 radical (unpaired) electrons. The number of rotatable bonds is 8. The Balaban J connectivity index is 0.000000532. The highest BCUT2D eigenvalue weighted by atomic mass is 19.4. The quantitative estimate of drug-likeness (QED) is 0.344. The molecule has 210 valence electrons. The summed E-state index contributed by atoms with van der Waals surface area (Å²) in [6.45, 7) is 9.90. The zero-order valence-electron chi connectivity index (χ0n) is 22.6. The van der Waals surface area contributed by atoms with Gasteiger partial charge in [0.25, 0.3) is 6.47 Å². The molecule has 3 aromatic carbocycles. The molecule has 9 heteroatoms. The molecule has 0 bridgehead atoms. The Kier molecular flexibility index (Phi) is 10.6. The van der Waals surface area contributed by atoms with Gasteiger partial charge < -0.3 is 24.6 Å². The minimum atomic E-state index is -4.78. The van der Waals surface area contributed by atoms with Crippen LogP contribution in [-0.4, -0.2) is 44.6 Å². The maximum absolute atomic E-state index is 13.3. The van der Waals surface area contributed by atoms with Crippen molar-refractivity contribution >= 4 is 17.8 Å². The van der Waals surface area contributed by atoms with Crippen molar-refractivity contribution in [2.45, 2.75) is 45.8 Å². The summed E-state index contributed by atoms with van der Waals surface area (Å²) in [6, 6.07) is 24.6. The summed E-state index contributed by atoms with van der Waals surface area (Å²) in [5, 5.41) is 3.26. The van der Waals surface area contributed by atoms with Crippen molar-refractivity contribution in [1.82, 2.24) is 5.32 Å². The number of piperazine rings is 1. The Bertz CT molecular complexity index is 1110. The van der Waals surface area contributed by atoms with Gasteiger partial charge in [0.1, 0.15) is 5.60 Å². The number of ether oxygens (including phenoxy) is 2. The highest BCUT2D eigenvalue weighted by Gasteiger charge is 2.33. The highest BCUT2D eigenvalue weighted by Crippen LogP contribution is 2.38. The van der Waals surface area contributed by atoms with E-state index in [1.165, 1.54) is 6.07 Å². The number of carbonyl (C=O) groups is 1. The van der Waals surface area contributed by atoms with Crippen LogP contribution in [0.15, 0.2) is 78.9 Å². The molecule has 1 saturated heterocycles. The third-order valence-electron chi connectivity index (χ3n) is 5.83. The predicted molar refractivity (Wildman–Crippen MR) is 148 cm³/mol. The fraction of sp³-hybridized carbons (Fsp3) is 0.367. The number of hydrogen-bond donors (Lipinski definition) is 1. The summed E-state index contributed by atoms with van der Waals surface area (Å²) >= 11 is 0. The Morgan fingerprint density at radius 1 is 0.872 bits per heavy atom. The molecule has 0 aliphatic carbocycles. The van der Waals surface area contributed by atoms with Crippen molar-refractivity contribution in [3.05, 3.63) is 90.0 Å². The fourth-order valence-electron chi connectivity index (χ4n) is 4.07. The van der Waals surface area contributed by atoms with Crippen molar-refractivity contribution in [2.75, 3.05) is 36.0 Å². The first-order valence-electron chi connectivity index (χ1n) is 12.8. The second kappa shape index (κ2) is 13.9. The van der Waals surface area contributed by atoms with E-state index >= 15 is 0 Å². The monoisotopic (exact) mass is 543 g/mol. The summed E-state index contributed by atoms with van der Waals surface area (Å²) in [5.41, 5.74) is 2.84. The number of alkyl halides is 3. The van der Waals surface area contributed by atoms with E-state index in [0.717, 1.165) is 43.0 Å². The van der Waals surface area contributed by atoms with E-state index in [9.17, 15) is 18.0 Å². The molecule has 39 heavy (non-hydrogen) atoms. The first kappa shape index (κ1) is 29.8. The van der Waals surface area contributed by atoms with Gasteiger partial charge in [-0.15, -0.1) is 13.2 Å². The highest BCUT2D eigenvalue weighted by molar-refractivity contribution is 5.66. The Hall–Kier alpha value is -3.72. The van der Waals surface area contributed by atoms with Crippen LogP contribution in [0.2, 0.25) is 0 Å². The molecule has 3 aromatic rings. The molecule has 0 unspecified atom stereocenters. The summed E-state index contributed by atoms with van der Waals surface area (Å²) in [4.78, 5) is 13.6. The molecule has 6 nitrogen and oxygen atoms in total. The summed E-state index contributed by atoms with van der Waals surface area (Å²) in [7, 11) is 0. The van der Waals surface area contributed by atoms with Crippen molar-refractivity contribution in [2.24, 2.45) is 0 Å². The van der Waals surface area contributed by atoms with E-state index < -0.39 is 6.36 Å². The molecule has 0 spiro atoms. The SMILES string of the molecule is CC(C)(C)OC=O.FC(F)(F)Oc1cc(N2CCNCC2)ccc1N(Cc1ccccc1)Cc1ccccc1. The van der Waals surface area contributed by atoms with Gasteiger partial charge in [0.15, 0.2) is 5.75 Å². The number of hydrogen-bond acceptors (Lipinski definition) is 6. The first-order valence-corrected chi connectivity index (χ1v) is 12.8. The molecule has 1 N–H and O–H groups in total. The van der Waals surface area contributed by atoms with Crippen LogP contribution in [-0.2, 0) is 22.6 Å². The van der Waals surface area contributed by atoms with E-state index in [2.05, 4.69) is 19.7 Å².